The number of nitrogens with zero attached hydrogens (tertiary/aromatic N) is 3. The number of aliphatic imine (C=N–C) groups is 1. The topological polar surface area (TPSA) is 53.7 Å². The van der Waals surface area contributed by atoms with Crippen LogP contribution in [0, 0.1) is 6.92 Å². The van der Waals surface area contributed by atoms with Crippen molar-refractivity contribution in [2.75, 3.05) is 7.05 Å². The molecule has 0 aliphatic heterocycles. The van der Waals surface area contributed by atoms with Crippen LogP contribution in [0.15, 0.2) is 29.5 Å². The van der Waals surface area contributed by atoms with Gasteiger partial charge in [-0.2, -0.15) is 0 Å². The molecule has 3 rings (SSSR count). The van der Waals surface area contributed by atoms with Crippen LogP contribution in [0.3, 0.4) is 0 Å². The third-order valence-corrected chi connectivity index (χ3v) is 4.27. The SMILES string of the molecule is CN=C(NCc1cn2ccc(C)cc2n1)NC1CCCCC1. The van der Waals surface area contributed by atoms with Crippen LogP contribution in [0.2, 0.25) is 0 Å². The minimum absolute atomic E-state index is 0.559. The smallest absolute Gasteiger partial charge is 0.191 e. The molecule has 1 aliphatic carbocycles. The Morgan fingerprint density at radius 1 is 1.36 bits per heavy atom. The number of pyridine rings is 1. The summed E-state index contributed by atoms with van der Waals surface area (Å²) in [5, 5.41) is 6.89. The van der Waals surface area contributed by atoms with Gasteiger partial charge in [0.1, 0.15) is 5.65 Å². The zero-order chi connectivity index (χ0) is 15.4. The van der Waals surface area contributed by atoms with E-state index < -0.39 is 0 Å². The Bertz CT molecular complexity index is 652. The van der Waals surface area contributed by atoms with Crippen molar-refractivity contribution in [2.24, 2.45) is 4.99 Å². The monoisotopic (exact) mass is 299 g/mol. The first-order chi connectivity index (χ1) is 10.7. The van der Waals surface area contributed by atoms with E-state index in [9.17, 15) is 0 Å². The average Bonchev–Trinajstić information content (AvgIpc) is 2.94. The van der Waals surface area contributed by atoms with Crippen LogP contribution in [0.1, 0.15) is 43.4 Å². The van der Waals surface area contributed by atoms with Gasteiger partial charge in [0.15, 0.2) is 5.96 Å². The van der Waals surface area contributed by atoms with Gasteiger partial charge in [0.2, 0.25) is 0 Å². The molecule has 0 atom stereocenters. The molecule has 2 N–H and O–H groups in total. The van der Waals surface area contributed by atoms with Gasteiger partial charge in [-0.25, -0.2) is 4.98 Å². The van der Waals surface area contributed by atoms with Gasteiger partial charge in [-0.3, -0.25) is 4.99 Å². The van der Waals surface area contributed by atoms with E-state index in [0.29, 0.717) is 12.6 Å². The molecule has 2 aromatic rings. The van der Waals surface area contributed by atoms with Crippen LogP contribution in [0.25, 0.3) is 5.65 Å². The second-order valence-corrected chi connectivity index (χ2v) is 6.11. The summed E-state index contributed by atoms with van der Waals surface area (Å²) in [6, 6.07) is 4.75. The molecule has 5 heteroatoms. The van der Waals surface area contributed by atoms with Gasteiger partial charge in [0, 0.05) is 25.5 Å². The lowest BCUT2D eigenvalue weighted by Gasteiger charge is -2.24. The molecular weight excluding hydrogens is 274 g/mol. The van der Waals surface area contributed by atoms with Gasteiger partial charge in [-0.1, -0.05) is 19.3 Å². The van der Waals surface area contributed by atoms with Crippen molar-refractivity contribution < 1.29 is 0 Å². The van der Waals surface area contributed by atoms with E-state index in [-0.39, 0.29) is 0 Å². The molecule has 0 radical (unpaired) electrons. The van der Waals surface area contributed by atoms with Crippen molar-refractivity contribution in [1.82, 2.24) is 20.0 Å². The van der Waals surface area contributed by atoms with Crippen molar-refractivity contribution in [3.05, 3.63) is 35.8 Å². The predicted molar refractivity (Wildman–Crippen MR) is 90.1 cm³/mol. The quantitative estimate of drug-likeness (QED) is 0.677. The largest absolute Gasteiger partial charge is 0.354 e. The molecule has 1 aliphatic rings. The molecule has 2 aromatic heterocycles. The standard InChI is InChI=1S/C17H25N5/c1-13-8-9-22-12-15(20-16(22)10-13)11-19-17(18-2)21-14-6-4-3-5-7-14/h8-10,12,14H,3-7,11H2,1-2H3,(H2,18,19,21). The average molecular weight is 299 g/mol. The lowest BCUT2D eigenvalue weighted by atomic mass is 9.96. The van der Waals surface area contributed by atoms with E-state index in [0.717, 1.165) is 17.3 Å². The summed E-state index contributed by atoms with van der Waals surface area (Å²) in [5.41, 5.74) is 3.25. The highest BCUT2D eigenvalue weighted by Crippen LogP contribution is 2.17. The molecule has 0 unspecified atom stereocenters. The molecule has 1 fully saturated rings. The molecule has 5 nitrogen and oxygen atoms in total. The maximum Gasteiger partial charge on any atom is 0.191 e. The lowest BCUT2D eigenvalue weighted by molar-refractivity contribution is 0.410. The van der Waals surface area contributed by atoms with Gasteiger partial charge in [0.05, 0.1) is 12.2 Å². The summed E-state index contributed by atoms with van der Waals surface area (Å²) in [6.07, 6.45) is 10.6. The number of aryl methyl sites for hydroxylation is 1. The predicted octanol–water partition coefficient (Wildman–Crippen LogP) is 2.64. The van der Waals surface area contributed by atoms with Gasteiger partial charge in [0.25, 0.3) is 0 Å². The van der Waals surface area contributed by atoms with E-state index in [1.54, 1.807) is 0 Å². The first-order valence-electron chi connectivity index (χ1n) is 8.16. The summed E-state index contributed by atoms with van der Waals surface area (Å²) in [4.78, 5) is 8.97. The van der Waals surface area contributed by atoms with Gasteiger partial charge in [-0.15, -0.1) is 0 Å². The number of rotatable bonds is 3. The van der Waals surface area contributed by atoms with Crippen LogP contribution in [0.4, 0.5) is 0 Å². The molecule has 0 amide bonds. The summed E-state index contributed by atoms with van der Waals surface area (Å²) in [5.74, 6) is 0.875. The van der Waals surface area contributed by atoms with E-state index >= 15 is 0 Å². The zero-order valence-electron chi connectivity index (χ0n) is 13.5. The second-order valence-electron chi connectivity index (χ2n) is 6.11. The number of guanidine groups is 1. The van der Waals surface area contributed by atoms with Crippen LogP contribution >= 0.6 is 0 Å². The fourth-order valence-electron chi connectivity index (χ4n) is 3.03. The zero-order valence-corrected chi connectivity index (χ0v) is 13.5. The Labute approximate surface area is 131 Å². The number of imidazole rings is 1. The van der Waals surface area contributed by atoms with Crippen molar-refractivity contribution in [1.29, 1.82) is 0 Å². The van der Waals surface area contributed by atoms with E-state index in [1.165, 1.54) is 37.7 Å². The fourth-order valence-corrected chi connectivity index (χ4v) is 3.03. The summed E-state index contributed by atoms with van der Waals surface area (Å²) in [7, 11) is 1.82. The van der Waals surface area contributed by atoms with Crippen molar-refractivity contribution >= 4 is 11.6 Å². The molecule has 0 spiro atoms. The molecule has 118 valence electrons. The Balaban J connectivity index is 1.59. The molecule has 2 heterocycles. The molecule has 0 aromatic carbocycles. The first-order valence-corrected chi connectivity index (χ1v) is 8.16. The lowest BCUT2D eigenvalue weighted by Crippen LogP contribution is -2.43. The minimum Gasteiger partial charge on any atom is -0.354 e. The Morgan fingerprint density at radius 3 is 2.95 bits per heavy atom. The maximum atomic E-state index is 4.64. The minimum atomic E-state index is 0.559. The molecular formula is C17H25N5. The highest BCUT2D eigenvalue weighted by Gasteiger charge is 2.14. The fraction of sp³-hybridized carbons (Fsp3) is 0.529. The molecule has 0 saturated heterocycles. The molecule has 22 heavy (non-hydrogen) atoms. The normalized spacial score (nSPS) is 16.9. The summed E-state index contributed by atoms with van der Waals surface area (Å²) < 4.78 is 2.06. The third kappa shape index (κ3) is 3.59. The number of hydrogen-bond donors (Lipinski definition) is 2. The van der Waals surface area contributed by atoms with E-state index in [4.69, 9.17) is 0 Å². The second kappa shape index (κ2) is 6.81. The molecule has 0 bridgehead atoms. The maximum absolute atomic E-state index is 4.64. The van der Waals surface area contributed by atoms with Crippen LogP contribution < -0.4 is 10.6 Å². The van der Waals surface area contributed by atoms with Crippen molar-refractivity contribution in [3.8, 4) is 0 Å². The highest BCUT2D eigenvalue weighted by atomic mass is 15.2. The first kappa shape index (κ1) is 14.9. The Hall–Kier alpha value is -2.04. The number of aromatic nitrogens is 2. The van der Waals surface area contributed by atoms with Crippen molar-refractivity contribution in [3.63, 3.8) is 0 Å². The third-order valence-electron chi connectivity index (χ3n) is 4.27. The van der Waals surface area contributed by atoms with E-state index in [1.807, 2.05) is 7.05 Å². The van der Waals surface area contributed by atoms with Gasteiger partial charge < -0.3 is 15.0 Å². The summed E-state index contributed by atoms with van der Waals surface area (Å²) >= 11 is 0. The Kier molecular flexibility index (Phi) is 4.61. The number of fused-ring (bicyclic) bond motifs is 1. The number of hydrogen-bond acceptors (Lipinski definition) is 2. The highest BCUT2D eigenvalue weighted by molar-refractivity contribution is 5.79. The van der Waals surface area contributed by atoms with Crippen molar-refractivity contribution in [2.45, 2.75) is 51.6 Å². The van der Waals surface area contributed by atoms with Crippen LogP contribution in [0.5, 0.6) is 0 Å². The summed E-state index contributed by atoms with van der Waals surface area (Å²) in [6.45, 7) is 2.77. The van der Waals surface area contributed by atoms with Gasteiger partial charge >= 0.3 is 0 Å². The van der Waals surface area contributed by atoms with Crippen LogP contribution in [-0.4, -0.2) is 28.4 Å². The van der Waals surface area contributed by atoms with Gasteiger partial charge in [-0.05, 0) is 37.5 Å². The van der Waals surface area contributed by atoms with E-state index in [2.05, 4.69) is 56.5 Å². The Morgan fingerprint density at radius 2 is 2.18 bits per heavy atom. The number of nitrogens with one attached hydrogen (secondary N) is 2. The van der Waals surface area contributed by atoms with Crippen LogP contribution in [-0.2, 0) is 6.54 Å². The molecule has 1 saturated carbocycles.